The van der Waals surface area contributed by atoms with Gasteiger partial charge in [-0.2, -0.15) is 0 Å². The van der Waals surface area contributed by atoms with E-state index in [0.29, 0.717) is 19.0 Å². The molecule has 0 aromatic heterocycles. The van der Waals surface area contributed by atoms with Crippen molar-refractivity contribution in [2.24, 2.45) is 0 Å². The summed E-state index contributed by atoms with van der Waals surface area (Å²) in [5.41, 5.74) is 0. The Hall–Kier alpha value is -0.610. The van der Waals surface area contributed by atoms with Gasteiger partial charge in [0.25, 0.3) is 0 Å². The Kier molecular flexibility index (Phi) is 4.90. The van der Waals surface area contributed by atoms with Crippen LogP contribution in [0.1, 0.15) is 26.7 Å². The predicted octanol–water partition coefficient (Wildman–Crippen LogP) is 0.280. The van der Waals surface area contributed by atoms with Crippen molar-refractivity contribution >= 4 is 5.91 Å². The summed E-state index contributed by atoms with van der Waals surface area (Å²) in [4.78, 5) is 11.1. The number of rotatable bonds is 5. The molecule has 1 heterocycles. The van der Waals surface area contributed by atoms with Crippen molar-refractivity contribution in [1.82, 2.24) is 10.6 Å². The molecule has 82 valence electrons. The van der Waals surface area contributed by atoms with E-state index in [-0.39, 0.29) is 12.0 Å². The van der Waals surface area contributed by atoms with E-state index in [1.54, 1.807) is 0 Å². The molecule has 1 aliphatic rings. The Bertz CT molecular complexity index is 185. The average Bonchev–Trinajstić information content (AvgIpc) is 2.52. The highest BCUT2D eigenvalue weighted by molar-refractivity contribution is 5.75. The van der Waals surface area contributed by atoms with E-state index in [1.807, 2.05) is 6.92 Å². The van der Waals surface area contributed by atoms with E-state index in [9.17, 15) is 4.79 Å². The summed E-state index contributed by atoms with van der Waals surface area (Å²) in [6, 6.07) is 0.421. The fourth-order valence-electron chi connectivity index (χ4n) is 1.66. The fraction of sp³-hybridized carbons (Fsp3) is 0.900. The van der Waals surface area contributed by atoms with Gasteiger partial charge < -0.3 is 15.4 Å². The fourth-order valence-corrected chi connectivity index (χ4v) is 1.66. The molecule has 0 radical (unpaired) electrons. The summed E-state index contributed by atoms with van der Waals surface area (Å²) in [7, 11) is 0. The van der Waals surface area contributed by atoms with Crippen LogP contribution in [-0.2, 0) is 9.53 Å². The van der Waals surface area contributed by atoms with Gasteiger partial charge in [-0.15, -0.1) is 0 Å². The van der Waals surface area contributed by atoms with Crippen molar-refractivity contribution in [3.05, 3.63) is 0 Å². The largest absolute Gasteiger partial charge is 0.377 e. The highest BCUT2D eigenvalue weighted by Gasteiger charge is 2.23. The zero-order valence-electron chi connectivity index (χ0n) is 9.01. The van der Waals surface area contributed by atoms with Crippen LogP contribution in [0.4, 0.5) is 0 Å². The van der Waals surface area contributed by atoms with Gasteiger partial charge in [-0.1, -0.05) is 0 Å². The van der Waals surface area contributed by atoms with Crippen LogP contribution in [0.2, 0.25) is 0 Å². The lowest BCUT2D eigenvalue weighted by Gasteiger charge is -2.15. The van der Waals surface area contributed by atoms with Crippen molar-refractivity contribution in [2.75, 3.05) is 19.7 Å². The van der Waals surface area contributed by atoms with Gasteiger partial charge in [-0.25, -0.2) is 0 Å². The molecule has 14 heavy (non-hydrogen) atoms. The number of nitrogens with one attached hydrogen (secondary N) is 2. The van der Waals surface area contributed by atoms with Crippen molar-refractivity contribution < 1.29 is 9.53 Å². The molecule has 1 aliphatic heterocycles. The summed E-state index contributed by atoms with van der Waals surface area (Å²) >= 11 is 0. The Morgan fingerprint density at radius 1 is 1.57 bits per heavy atom. The Balaban J connectivity index is 2.06. The molecule has 1 fully saturated rings. The molecule has 4 nitrogen and oxygen atoms in total. The molecule has 0 spiro atoms. The smallest absolute Gasteiger partial charge is 0.221 e. The SMILES string of the molecule is CCNC(=O)CCNC1CCOC1C. The Morgan fingerprint density at radius 2 is 2.36 bits per heavy atom. The normalized spacial score (nSPS) is 26.4. The minimum absolute atomic E-state index is 0.117. The van der Waals surface area contributed by atoms with Gasteiger partial charge in [-0.3, -0.25) is 4.79 Å². The number of amides is 1. The van der Waals surface area contributed by atoms with Gasteiger partial charge in [0.1, 0.15) is 0 Å². The number of hydrogen-bond acceptors (Lipinski definition) is 3. The van der Waals surface area contributed by atoms with Crippen molar-refractivity contribution in [3.63, 3.8) is 0 Å². The van der Waals surface area contributed by atoms with Gasteiger partial charge in [0.2, 0.25) is 5.91 Å². The molecule has 0 saturated carbocycles. The summed E-state index contributed by atoms with van der Waals surface area (Å²) in [5.74, 6) is 0.117. The third-order valence-electron chi connectivity index (χ3n) is 2.51. The lowest BCUT2D eigenvalue weighted by atomic mass is 10.1. The first-order chi connectivity index (χ1) is 6.74. The third kappa shape index (κ3) is 3.64. The van der Waals surface area contributed by atoms with Crippen molar-refractivity contribution in [2.45, 2.75) is 38.8 Å². The van der Waals surface area contributed by atoms with E-state index in [2.05, 4.69) is 17.6 Å². The second-order valence-corrected chi connectivity index (χ2v) is 3.63. The van der Waals surface area contributed by atoms with E-state index in [4.69, 9.17) is 4.74 Å². The van der Waals surface area contributed by atoms with Gasteiger partial charge in [0.05, 0.1) is 6.10 Å². The first-order valence-electron chi connectivity index (χ1n) is 5.35. The van der Waals surface area contributed by atoms with Gasteiger partial charge in [-0.05, 0) is 20.3 Å². The summed E-state index contributed by atoms with van der Waals surface area (Å²) < 4.78 is 5.41. The van der Waals surface area contributed by atoms with Crippen molar-refractivity contribution in [1.29, 1.82) is 0 Å². The van der Waals surface area contributed by atoms with Crippen LogP contribution in [0, 0.1) is 0 Å². The number of carbonyl (C=O) groups excluding carboxylic acids is 1. The molecule has 4 heteroatoms. The molecule has 0 aliphatic carbocycles. The second kappa shape index (κ2) is 5.98. The van der Waals surface area contributed by atoms with E-state index >= 15 is 0 Å². The molecule has 1 amide bonds. The quantitative estimate of drug-likeness (QED) is 0.670. The highest BCUT2D eigenvalue weighted by Crippen LogP contribution is 2.11. The number of carbonyl (C=O) groups is 1. The molecule has 2 atom stereocenters. The molecule has 1 saturated heterocycles. The number of ether oxygens (including phenoxy) is 1. The molecular formula is C10H20N2O2. The second-order valence-electron chi connectivity index (χ2n) is 3.63. The minimum Gasteiger partial charge on any atom is -0.377 e. The zero-order valence-corrected chi connectivity index (χ0v) is 9.01. The first-order valence-corrected chi connectivity index (χ1v) is 5.35. The van der Waals surface area contributed by atoms with Crippen LogP contribution in [0.25, 0.3) is 0 Å². The van der Waals surface area contributed by atoms with Crippen LogP contribution in [0.5, 0.6) is 0 Å². The minimum atomic E-state index is 0.117. The zero-order chi connectivity index (χ0) is 10.4. The monoisotopic (exact) mass is 200 g/mol. The molecule has 2 unspecified atom stereocenters. The maximum absolute atomic E-state index is 11.1. The molecule has 0 bridgehead atoms. The molecule has 1 rings (SSSR count). The highest BCUT2D eigenvalue weighted by atomic mass is 16.5. The van der Waals surface area contributed by atoms with Crippen LogP contribution in [-0.4, -0.2) is 37.7 Å². The molecule has 0 aromatic carbocycles. The first kappa shape index (κ1) is 11.5. The van der Waals surface area contributed by atoms with Crippen LogP contribution >= 0.6 is 0 Å². The summed E-state index contributed by atoms with van der Waals surface area (Å²) in [6.07, 6.45) is 1.89. The maximum atomic E-state index is 11.1. The van der Waals surface area contributed by atoms with Crippen LogP contribution < -0.4 is 10.6 Å². The third-order valence-corrected chi connectivity index (χ3v) is 2.51. The predicted molar refractivity (Wildman–Crippen MR) is 55.1 cm³/mol. The number of hydrogen-bond donors (Lipinski definition) is 2. The Labute approximate surface area is 85.4 Å². The molecular weight excluding hydrogens is 180 g/mol. The topological polar surface area (TPSA) is 50.4 Å². The lowest BCUT2D eigenvalue weighted by molar-refractivity contribution is -0.120. The molecule has 2 N–H and O–H groups in total. The lowest BCUT2D eigenvalue weighted by Crippen LogP contribution is -2.37. The maximum Gasteiger partial charge on any atom is 0.221 e. The Morgan fingerprint density at radius 3 is 2.93 bits per heavy atom. The van der Waals surface area contributed by atoms with Gasteiger partial charge >= 0.3 is 0 Å². The standard InChI is InChI=1S/C10H20N2O2/c1-3-11-10(13)4-6-12-9-5-7-14-8(9)2/h8-9,12H,3-7H2,1-2H3,(H,11,13). The average molecular weight is 200 g/mol. The van der Waals surface area contributed by atoms with E-state index < -0.39 is 0 Å². The molecule has 0 aromatic rings. The van der Waals surface area contributed by atoms with Crippen molar-refractivity contribution in [3.8, 4) is 0 Å². The van der Waals surface area contributed by atoms with E-state index in [1.165, 1.54) is 0 Å². The summed E-state index contributed by atoms with van der Waals surface area (Å²) in [6.45, 7) is 6.28. The van der Waals surface area contributed by atoms with E-state index in [0.717, 1.165) is 19.6 Å². The summed E-state index contributed by atoms with van der Waals surface area (Å²) in [5, 5.41) is 6.11. The van der Waals surface area contributed by atoms with Gasteiger partial charge in [0.15, 0.2) is 0 Å². The van der Waals surface area contributed by atoms with Crippen LogP contribution in [0.15, 0.2) is 0 Å². The van der Waals surface area contributed by atoms with Crippen LogP contribution in [0.3, 0.4) is 0 Å². The van der Waals surface area contributed by atoms with Gasteiger partial charge in [0, 0.05) is 32.2 Å².